The number of aliphatic hydroxyl groups excluding tert-OH is 4. The van der Waals surface area contributed by atoms with Gasteiger partial charge in [0.05, 0.1) is 24.4 Å². The van der Waals surface area contributed by atoms with Crippen molar-refractivity contribution in [3.63, 3.8) is 0 Å². The van der Waals surface area contributed by atoms with Crippen LogP contribution in [-0.4, -0.2) is 56.1 Å². The SMILES string of the molecule is CC12CC[C@@H](O)CC1CCC1C2C(O)CC2(C)C1CC[C@]2(O)C(O)CO. The van der Waals surface area contributed by atoms with Gasteiger partial charge in [-0.1, -0.05) is 13.8 Å². The molecule has 0 radical (unpaired) electrons. The van der Waals surface area contributed by atoms with Gasteiger partial charge in [0.1, 0.15) is 6.10 Å². The fourth-order valence-electron chi connectivity index (χ4n) is 8.10. The molecule has 4 aliphatic rings. The Labute approximate surface area is 156 Å². The molecule has 0 aromatic rings. The highest BCUT2D eigenvalue weighted by molar-refractivity contribution is 5.17. The highest BCUT2D eigenvalue weighted by Crippen LogP contribution is 2.68. The largest absolute Gasteiger partial charge is 0.394 e. The van der Waals surface area contributed by atoms with Crippen molar-refractivity contribution in [2.24, 2.45) is 34.5 Å². The first-order valence-electron chi connectivity index (χ1n) is 10.5. The maximum atomic E-state index is 11.3. The first-order valence-corrected chi connectivity index (χ1v) is 10.5. The molecule has 0 aromatic carbocycles. The Kier molecular flexibility index (Phi) is 4.52. The maximum Gasteiger partial charge on any atom is 0.106 e. The third kappa shape index (κ3) is 2.33. The number of aliphatic hydroxyl groups is 5. The van der Waals surface area contributed by atoms with Gasteiger partial charge in [-0.3, -0.25) is 0 Å². The molecule has 10 atom stereocenters. The van der Waals surface area contributed by atoms with Crippen LogP contribution in [0.15, 0.2) is 0 Å². The fourth-order valence-corrected chi connectivity index (χ4v) is 8.10. The van der Waals surface area contributed by atoms with Crippen molar-refractivity contribution in [2.45, 2.75) is 89.1 Å². The molecule has 0 spiro atoms. The third-order valence-electron chi connectivity index (χ3n) is 9.51. The van der Waals surface area contributed by atoms with Crippen LogP contribution in [0.2, 0.25) is 0 Å². The van der Waals surface area contributed by atoms with E-state index in [4.69, 9.17) is 0 Å². The molecule has 0 aromatic heterocycles. The van der Waals surface area contributed by atoms with Crippen molar-refractivity contribution in [3.8, 4) is 0 Å². The summed E-state index contributed by atoms with van der Waals surface area (Å²) >= 11 is 0. The number of fused-ring (bicyclic) bond motifs is 5. The summed E-state index contributed by atoms with van der Waals surface area (Å²) in [5.41, 5.74) is -1.83. The van der Waals surface area contributed by atoms with Gasteiger partial charge in [-0.25, -0.2) is 0 Å². The van der Waals surface area contributed by atoms with Crippen LogP contribution >= 0.6 is 0 Å². The topological polar surface area (TPSA) is 101 Å². The molecule has 4 rings (SSSR count). The molecule has 4 saturated carbocycles. The summed E-state index contributed by atoms with van der Waals surface area (Å²) in [6.45, 7) is 3.89. The van der Waals surface area contributed by atoms with E-state index >= 15 is 0 Å². The molecule has 0 bridgehead atoms. The summed E-state index contributed by atoms with van der Waals surface area (Å²) in [5, 5.41) is 52.5. The molecule has 150 valence electrons. The van der Waals surface area contributed by atoms with Gasteiger partial charge in [0.15, 0.2) is 0 Å². The minimum Gasteiger partial charge on any atom is -0.394 e. The van der Waals surface area contributed by atoms with Gasteiger partial charge < -0.3 is 25.5 Å². The van der Waals surface area contributed by atoms with Crippen LogP contribution in [0.25, 0.3) is 0 Å². The lowest BCUT2D eigenvalue weighted by Crippen LogP contribution is -2.64. The normalized spacial score (nSPS) is 57.8. The minimum absolute atomic E-state index is 0.0548. The smallest absolute Gasteiger partial charge is 0.106 e. The molecule has 8 unspecified atom stereocenters. The zero-order valence-electron chi connectivity index (χ0n) is 16.1. The molecular weight excluding hydrogens is 332 g/mol. The van der Waals surface area contributed by atoms with Crippen LogP contribution in [0.4, 0.5) is 0 Å². The molecule has 0 heterocycles. The van der Waals surface area contributed by atoms with Crippen LogP contribution in [-0.2, 0) is 0 Å². The summed E-state index contributed by atoms with van der Waals surface area (Å²) in [7, 11) is 0. The second-order valence-corrected chi connectivity index (χ2v) is 10.4. The van der Waals surface area contributed by atoms with Crippen molar-refractivity contribution in [1.29, 1.82) is 0 Å². The van der Waals surface area contributed by atoms with E-state index in [1.807, 2.05) is 6.92 Å². The van der Waals surface area contributed by atoms with Crippen molar-refractivity contribution in [2.75, 3.05) is 6.61 Å². The summed E-state index contributed by atoms with van der Waals surface area (Å²) in [4.78, 5) is 0. The Hall–Kier alpha value is -0.200. The molecule has 26 heavy (non-hydrogen) atoms. The molecule has 0 aliphatic heterocycles. The van der Waals surface area contributed by atoms with Crippen molar-refractivity contribution in [1.82, 2.24) is 0 Å². The van der Waals surface area contributed by atoms with Crippen molar-refractivity contribution in [3.05, 3.63) is 0 Å². The Morgan fingerprint density at radius 2 is 1.77 bits per heavy atom. The summed E-state index contributed by atoms with van der Waals surface area (Å²) in [5.74, 6) is 1.29. The molecule has 5 heteroatoms. The van der Waals surface area contributed by atoms with E-state index in [0.29, 0.717) is 24.7 Å². The third-order valence-corrected chi connectivity index (χ3v) is 9.51. The number of hydrogen-bond acceptors (Lipinski definition) is 5. The molecule has 4 aliphatic carbocycles. The standard InChI is InChI=1S/C21H36O5/c1-19-7-5-13(23)9-12(19)3-4-14-15-6-8-21(26,17(25)11-22)20(15,2)10-16(24)18(14)19/h12-18,22-26H,3-11H2,1-2H3/t12?,13-,14?,15?,16?,17?,18?,19?,20?,21+/m1/s1. The molecule has 0 saturated heterocycles. The average Bonchev–Trinajstić information content (AvgIpc) is 2.86. The zero-order chi connectivity index (χ0) is 18.9. The van der Waals surface area contributed by atoms with E-state index < -0.39 is 29.8 Å². The van der Waals surface area contributed by atoms with Crippen LogP contribution < -0.4 is 0 Å². The lowest BCUT2D eigenvalue weighted by molar-refractivity contribution is -0.224. The van der Waals surface area contributed by atoms with E-state index in [2.05, 4.69) is 6.92 Å². The second-order valence-electron chi connectivity index (χ2n) is 10.4. The summed E-state index contributed by atoms with van der Waals surface area (Å²) in [6, 6.07) is 0. The fraction of sp³-hybridized carbons (Fsp3) is 1.00. The molecule has 4 fully saturated rings. The lowest BCUT2D eigenvalue weighted by atomic mass is 9.43. The van der Waals surface area contributed by atoms with Gasteiger partial charge in [-0.05, 0) is 80.5 Å². The maximum absolute atomic E-state index is 11.3. The quantitative estimate of drug-likeness (QED) is 0.508. The second kappa shape index (κ2) is 6.15. The van der Waals surface area contributed by atoms with E-state index in [9.17, 15) is 25.5 Å². The Morgan fingerprint density at radius 1 is 1.04 bits per heavy atom. The van der Waals surface area contributed by atoms with Crippen molar-refractivity contribution < 1.29 is 25.5 Å². The highest BCUT2D eigenvalue weighted by Gasteiger charge is 2.68. The monoisotopic (exact) mass is 368 g/mol. The van der Waals surface area contributed by atoms with Gasteiger partial charge in [0.25, 0.3) is 0 Å². The predicted octanol–water partition coefficient (Wildman–Crippen LogP) is 1.45. The van der Waals surface area contributed by atoms with E-state index in [-0.39, 0.29) is 23.4 Å². The van der Waals surface area contributed by atoms with Crippen molar-refractivity contribution >= 4 is 0 Å². The Bertz CT molecular complexity index is 555. The predicted molar refractivity (Wildman–Crippen MR) is 97.2 cm³/mol. The van der Waals surface area contributed by atoms with Gasteiger partial charge >= 0.3 is 0 Å². The van der Waals surface area contributed by atoms with Crippen LogP contribution in [0.1, 0.15) is 65.2 Å². The Balaban J connectivity index is 1.68. The molecule has 0 amide bonds. The average molecular weight is 369 g/mol. The minimum atomic E-state index is -1.32. The van der Waals surface area contributed by atoms with Gasteiger partial charge in [0.2, 0.25) is 0 Å². The molecule has 5 nitrogen and oxygen atoms in total. The van der Waals surface area contributed by atoms with Gasteiger partial charge in [-0.15, -0.1) is 0 Å². The lowest BCUT2D eigenvalue weighted by Gasteiger charge is -2.63. The van der Waals surface area contributed by atoms with Gasteiger partial charge in [0, 0.05) is 5.41 Å². The highest BCUT2D eigenvalue weighted by atomic mass is 16.4. The first-order chi connectivity index (χ1) is 12.2. The first kappa shape index (κ1) is 19.1. The number of hydrogen-bond donors (Lipinski definition) is 5. The van der Waals surface area contributed by atoms with Crippen LogP contribution in [0.5, 0.6) is 0 Å². The summed E-state index contributed by atoms with van der Waals surface area (Å²) in [6.07, 6.45) is 4.70. The van der Waals surface area contributed by atoms with E-state index in [1.165, 1.54) is 0 Å². The number of rotatable bonds is 2. The molecule has 5 N–H and O–H groups in total. The van der Waals surface area contributed by atoms with Gasteiger partial charge in [-0.2, -0.15) is 0 Å². The van der Waals surface area contributed by atoms with Crippen LogP contribution in [0.3, 0.4) is 0 Å². The summed E-state index contributed by atoms with van der Waals surface area (Å²) < 4.78 is 0. The zero-order valence-corrected chi connectivity index (χ0v) is 16.1. The van der Waals surface area contributed by atoms with E-state index in [1.54, 1.807) is 0 Å². The molecular formula is C21H36O5. The Morgan fingerprint density at radius 3 is 2.46 bits per heavy atom. The van der Waals surface area contributed by atoms with E-state index in [0.717, 1.165) is 38.5 Å². The van der Waals surface area contributed by atoms with Crippen LogP contribution in [0, 0.1) is 34.5 Å².